The maximum absolute atomic E-state index is 13.7. The molecule has 3 aliphatic rings. The second-order valence-corrected chi connectivity index (χ2v) is 9.87. The Kier molecular flexibility index (Phi) is 6.12. The Hall–Kier alpha value is -3.39. The van der Waals surface area contributed by atoms with Gasteiger partial charge in [-0.15, -0.1) is 0 Å². The second-order valence-electron chi connectivity index (χ2n) is 9.87. The van der Waals surface area contributed by atoms with Crippen molar-refractivity contribution < 1.29 is 4.79 Å². The van der Waals surface area contributed by atoms with Crippen LogP contribution in [0, 0.1) is 5.92 Å². The van der Waals surface area contributed by atoms with E-state index in [1.807, 2.05) is 29.3 Å². The van der Waals surface area contributed by atoms with Crippen LogP contribution in [0.3, 0.4) is 0 Å². The summed E-state index contributed by atoms with van der Waals surface area (Å²) in [5.74, 6) is 3.52. The van der Waals surface area contributed by atoms with Crippen LogP contribution >= 0.6 is 0 Å². The van der Waals surface area contributed by atoms with Crippen LogP contribution < -0.4 is 10.2 Å². The molecule has 2 fully saturated rings. The van der Waals surface area contributed by atoms with Gasteiger partial charge in [0.1, 0.15) is 11.6 Å². The van der Waals surface area contributed by atoms with E-state index in [9.17, 15) is 4.79 Å². The number of fused-ring (bicyclic) bond motifs is 1. The largest absolute Gasteiger partial charge is 0.366 e. The number of hydrogen-bond acceptors (Lipinski definition) is 6. The zero-order valence-electron chi connectivity index (χ0n) is 20.1. The van der Waals surface area contributed by atoms with Gasteiger partial charge >= 0.3 is 0 Å². The summed E-state index contributed by atoms with van der Waals surface area (Å²) in [7, 11) is 0. The number of hydrogen-bond donors (Lipinski definition) is 1. The molecule has 6 rings (SSSR count). The number of nitrogens with zero attached hydrogens (tertiary/aromatic N) is 6. The summed E-state index contributed by atoms with van der Waals surface area (Å²) < 4.78 is 2.16. The van der Waals surface area contributed by atoms with Crippen molar-refractivity contribution >= 4 is 17.5 Å². The van der Waals surface area contributed by atoms with Gasteiger partial charge in [0, 0.05) is 58.6 Å². The molecule has 182 valence electrons. The molecule has 1 amide bonds. The zero-order chi connectivity index (χ0) is 23.6. The maximum Gasteiger partial charge on any atom is 0.274 e. The fourth-order valence-corrected chi connectivity index (χ4v) is 5.12. The third kappa shape index (κ3) is 4.89. The highest BCUT2D eigenvalue weighted by molar-refractivity contribution is 5.98. The Morgan fingerprint density at radius 1 is 0.914 bits per heavy atom. The predicted molar refractivity (Wildman–Crippen MR) is 137 cm³/mol. The van der Waals surface area contributed by atoms with E-state index in [1.54, 1.807) is 0 Å². The van der Waals surface area contributed by atoms with Gasteiger partial charge in [-0.05, 0) is 36.5 Å². The summed E-state index contributed by atoms with van der Waals surface area (Å²) in [4.78, 5) is 30.0. The lowest BCUT2D eigenvalue weighted by Crippen LogP contribution is -2.46. The Labute approximate surface area is 206 Å². The average molecular weight is 472 g/mol. The quantitative estimate of drug-likeness (QED) is 0.572. The van der Waals surface area contributed by atoms with Crippen LogP contribution in [0.5, 0.6) is 0 Å². The lowest BCUT2D eigenvalue weighted by molar-refractivity contribution is 0.0749. The highest BCUT2D eigenvalue weighted by Crippen LogP contribution is 2.32. The van der Waals surface area contributed by atoms with Gasteiger partial charge in [0.2, 0.25) is 0 Å². The van der Waals surface area contributed by atoms with Gasteiger partial charge in [-0.3, -0.25) is 9.69 Å². The monoisotopic (exact) mass is 471 g/mol. The van der Waals surface area contributed by atoms with Crippen molar-refractivity contribution in [2.45, 2.75) is 25.9 Å². The van der Waals surface area contributed by atoms with Crippen molar-refractivity contribution in [3.8, 4) is 0 Å². The predicted octanol–water partition coefficient (Wildman–Crippen LogP) is 2.93. The molecule has 3 aromatic rings. The molecule has 1 N–H and O–H groups in total. The van der Waals surface area contributed by atoms with Crippen LogP contribution in [0.2, 0.25) is 0 Å². The Morgan fingerprint density at radius 3 is 2.46 bits per heavy atom. The Morgan fingerprint density at radius 2 is 1.71 bits per heavy atom. The third-order valence-corrected chi connectivity index (χ3v) is 7.28. The molecule has 8 nitrogen and oxygen atoms in total. The van der Waals surface area contributed by atoms with Crippen molar-refractivity contribution in [2.24, 2.45) is 5.92 Å². The highest BCUT2D eigenvalue weighted by atomic mass is 16.2. The van der Waals surface area contributed by atoms with Gasteiger partial charge in [0.25, 0.3) is 5.91 Å². The Balaban J connectivity index is 1.25. The van der Waals surface area contributed by atoms with Gasteiger partial charge in [-0.25, -0.2) is 9.97 Å². The molecule has 35 heavy (non-hydrogen) atoms. The van der Waals surface area contributed by atoms with Gasteiger partial charge in [-0.2, -0.15) is 0 Å². The standard InChI is InChI=1S/C27H33N7O/c35-27-25-26(29-12-13-33(27)18-22-9-10-22)30-24(34(25)19-21-6-2-1-3-7-21)20-31-14-16-32(17-15-31)23-8-4-5-11-28-23/h1-8,11,22,29H,9-10,12-20H2. The molecule has 0 atom stereocenters. The first-order chi connectivity index (χ1) is 17.2. The van der Waals surface area contributed by atoms with E-state index in [-0.39, 0.29) is 5.91 Å². The van der Waals surface area contributed by atoms with Gasteiger partial charge in [0.15, 0.2) is 11.5 Å². The molecular formula is C27H33N7O. The summed E-state index contributed by atoms with van der Waals surface area (Å²) >= 11 is 0. The smallest absolute Gasteiger partial charge is 0.274 e. The van der Waals surface area contributed by atoms with Crippen molar-refractivity contribution in [3.05, 3.63) is 71.8 Å². The van der Waals surface area contributed by atoms with Crippen molar-refractivity contribution in [1.82, 2.24) is 24.3 Å². The van der Waals surface area contributed by atoms with Crippen LogP contribution in [0.4, 0.5) is 11.6 Å². The number of carbonyl (C=O) groups is 1. The minimum Gasteiger partial charge on any atom is -0.366 e. The number of nitrogens with one attached hydrogen (secondary N) is 1. The SMILES string of the molecule is O=C1c2c(nc(CN3CCN(c4ccccn4)CC3)n2Cc2ccccc2)NCCN1CC1CC1. The molecule has 0 radical (unpaired) electrons. The first-order valence-corrected chi connectivity index (χ1v) is 12.8. The molecule has 1 saturated carbocycles. The topological polar surface area (TPSA) is 69.5 Å². The van der Waals surface area contributed by atoms with Crippen LogP contribution in [0.25, 0.3) is 0 Å². The number of rotatable bonds is 7. The average Bonchev–Trinajstić information content (AvgIpc) is 3.68. The Bertz CT molecular complexity index is 1150. The molecule has 0 spiro atoms. The van der Waals surface area contributed by atoms with E-state index >= 15 is 0 Å². The first kappa shape index (κ1) is 22.1. The van der Waals surface area contributed by atoms with Crippen molar-refractivity contribution in [1.29, 1.82) is 0 Å². The summed E-state index contributed by atoms with van der Waals surface area (Å²) in [6.45, 7) is 7.47. The van der Waals surface area contributed by atoms with E-state index in [2.05, 4.69) is 55.0 Å². The number of benzene rings is 1. The zero-order valence-corrected chi connectivity index (χ0v) is 20.1. The lowest BCUT2D eigenvalue weighted by Gasteiger charge is -2.35. The van der Waals surface area contributed by atoms with Crippen LogP contribution in [0.1, 0.15) is 34.7 Å². The van der Waals surface area contributed by atoms with E-state index in [0.717, 1.165) is 69.8 Å². The molecule has 1 saturated heterocycles. The normalized spacial score (nSPS) is 18.8. The lowest BCUT2D eigenvalue weighted by atomic mass is 10.2. The molecule has 1 aliphatic carbocycles. The summed E-state index contributed by atoms with van der Waals surface area (Å²) in [6, 6.07) is 16.5. The van der Waals surface area contributed by atoms with Crippen LogP contribution in [0.15, 0.2) is 54.7 Å². The fourth-order valence-electron chi connectivity index (χ4n) is 5.12. The number of carbonyl (C=O) groups excluding carboxylic acids is 1. The molecular weight excluding hydrogens is 438 g/mol. The molecule has 4 heterocycles. The fraction of sp³-hybridized carbons (Fsp3) is 0.444. The number of pyridine rings is 1. The minimum atomic E-state index is 0.117. The summed E-state index contributed by atoms with van der Waals surface area (Å²) in [5.41, 5.74) is 1.90. The summed E-state index contributed by atoms with van der Waals surface area (Å²) in [5, 5.41) is 3.46. The molecule has 2 aliphatic heterocycles. The van der Waals surface area contributed by atoms with Gasteiger partial charge in [-0.1, -0.05) is 36.4 Å². The van der Waals surface area contributed by atoms with Crippen molar-refractivity contribution in [3.63, 3.8) is 0 Å². The number of piperazine rings is 1. The molecule has 1 aromatic carbocycles. The van der Waals surface area contributed by atoms with E-state index in [1.165, 1.54) is 18.4 Å². The second kappa shape index (κ2) is 9.70. The van der Waals surface area contributed by atoms with E-state index < -0.39 is 0 Å². The number of anilines is 2. The number of aromatic nitrogens is 3. The third-order valence-electron chi connectivity index (χ3n) is 7.28. The summed E-state index contributed by atoms with van der Waals surface area (Å²) in [6.07, 6.45) is 4.33. The first-order valence-electron chi connectivity index (χ1n) is 12.8. The number of amides is 1. The molecule has 2 aromatic heterocycles. The van der Waals surface area contributed by atoms with Gasteiger partial charge < -0.3 is 19.7 Å². The maximum atomic E-state index is 13.7. The van der Waals surface area contributed by atoms with E-state index in [4.69, 9.17) is 4.98 Å². The van der Waals surface area contributed by atoms with Crippen molar-refractivity contribution in [2.75, 3.05) is 56.0 Å². The minimum absolute atomic E-state index is 0.117. The number of imidazole rings is 1. The van der Waals surface area contributed by atoms with E-state index in [0.29, 0.717) is 18.2 Å². The molecule has 0 unspecified atom stereocenters. The molecule has 8 heteroatoms. The molecule has 0 bridgehead atoms. The van der Waals surface area contributed by atoms with Gasteiger partial charge in [0.05, 0.1) is 6.54 Å². The van der Waals surface area contributed by atoms with Crippen LogP contribution in [-0.2, 0) is 13.1 Å². The highest BCUT2D eigenvalue weighted by Gasteiger charge is 2.33. The van der Waals surface area contributed by atoms with Crippen LogP contribution in [-0.4, -0.2) is 76.1 Å².